The van der Waals surface area contributed by atoms with Gasteiger partial charge < -0.3 is 16.0 Å². The molecule has 0 atom stereocenters. The normalized spacial score (nSPS) is 12.5. The molecule has 1 heterocycles. The minimum Gasteiger partial charge on any atom is -0.384 e. The topological polar surface area (TPSA) is 70.2 Å². The first-order chi connectivity index (χ1) is 9.20. The maximum absolute atomic E-state index is 11.9. The second-order valence-electron chi connectivity index (χ2n) is 4.58. The molecular formula is C14H19N3O2. The van der Waals surface area contributed by atoms with E-state index < -0.39 is 0 Å². The van der Waals surface area contributed by atoms with E-state index in [1.807, 2.05) is 19.1 Å². The number of rotatable bonds is 5. The molecule has 102 valence electrons. The summed E-state index contributed by atoms with van der Waals surface area (Å²) in [5.74, 6) is -0.377. The number of benzene rings is 1. The van der Waals surface area contributed by atoms with Crippen LogP contribution in [0.1, 0.15) is 29.3 Å². The van der Waals surface area contributed by atoms with Crippen molar-refractivity contribution in [3.8, 4) is 0 Å². The summed E-state index contributed by atoms with van der Waals surface area (Å²) < 4.78 is 0. The molecule has 0 spiro atoms. The van der Waals surface area contributed by atoms with Gasteiger partial charge in [0, 0.05) is 24.3 Å². The third kappa shape index (κ3) is 3.47. The number of fused-ring (bicyclic) bond motifs is 1. The molecule has 3 N–H and O–H groups in total. The fourth-order valence-electron chi connectivity index (χ4n) is 2.02. The lowest BCUT2D eigenvalue weighted by atomic mass is 10.1. The van der Waals surface area contributed by atoms with Gasteiger partial charge in [-0.15, -0.1) is 0 Å². The smallest absolute Gasteiger partial charge is 0.251 e. The quantitative estimate of drug-likeness (QED) is 0.738. The highest BCUT2D eigenvalue weighted by Crippen LogP contribution is 2.22. The second kappa shape index (κ2) is 6.22. The first-order valence-corrected chi connectivity index (χ1v) is 6.62. The molecular weight excluding hydrogens is 242 g/mol. The minimum absolute atomic E-state index is 0.0172. The molecule has 0 aromatic heterocycles. The van der Waals surface area contributed by atoms with Crippen molar-refractivity contribution < 1.29 is 9.59 Å². The molecule has 1 aromatic rings. The summed E-state index contributed by atoms with van der Waals surface area (Å²) in [6.07, 6.45) is 1.88. The first kappa shape index (κ1) is 13.4. The van der Waals surface area contributed by atoms with Gasteiger partial charge in [0.1, 0.15) is 0 Å². The van der Waals surface area contributed by atoms with Crippen LogP contribution >= 0.6 is 0 Å². The van der Waals surface area contributed by atoms with Gasteiger partial charge in [-0.3, -0.25) is 9.59 Å². The number of nitrogens with one attached hydrogen (secondary N) is 3. The van der Waals surface area contributed by atoms with Crippen molar-refractivity contribution in [3.63, 3.8) is 0 Å². The van der Waals surface area contributed by atoms with Gasteiger partial charge in [-0.05, 0) is 30.5 Å². The van der Waals surface area contributed by atoms with Crippen molar-refractivity contribution in [1.82, 2.24) is 10.6 Å². The van der Waals surface area contributed by atoms with E-state index in [1.54, 1.807) is 6.07 Å². The Kier molecular flexibility index (Phi) is 4.39. The molecule has 2 amide bonds. The molecule has 0 bridgehead atoms. The molecule has 0 saturated carbocycles. The zero-order valence-electron chi connectivity index (χ0n) is 11.1. The third-order valence-electron chi connectivity index (χ3n) is 3.06. The highest BCUT2D eigenvalue weighted by Gasteiger charge is 2.13. The van der Waals surface area contributed by atoms with Crippen LogP contribution in [0.4, 0.5) is 5.69 Å². The van der Waals surface area contributed by atoms with Crippen molar-refractivity contribution in [1.29, 1.82) is 0 Å². The van der Waals surface area contributed by atoms with Gasteiger partial charge in [0.25, 0.3) is 5.91 Å². The maximum Gasteiger partial charge on any atom is 0.251 e. The average molecular weight is 261 g/mol. The summed E-state index contributed by atoms with van der Waals surface area (Å²) in [6.45, 7) is 3.55. The molecule has 2 rings (SSSR count). The van der Waals surface area contributed by atoms with Crippen LogP contribution in [0.3, 0.4) is 0 Å². The van der Waals surface area contributed by atoms with E-state index in [9.17, 15) is 9.59 Å². The van der Waals surface area contributed by atoms with Crippen molar-refractivity contribution in [3.05, 3.63) is 29.3 Å². The molecule has 5 heteroatoms. The number of carbonyl (C=O) groups excluding carboxylic acids is 2. The van der Waals surface area contributed by atoms with Crippen LogP contribution in [0, 0.1) is 0 Å². The Morgan fingerprint density at radius 1 is 1.32 bits per heavy atom. The van der Waals surface area contributed by atoms with Gasteiger partial charge in [-0.1, -0.05) is 13.0 Å². The Bertz CT molecular complexity index is 486. The van der Waals surface area contributed by atoms with Crippen LogP contribution in [0.15, 0.2) is 18.2 Å². The fourth-order valence-corrected chi connectivity index (χ4v) is 2.02. The Balaban J connectivity index is 1.88. The molecule has 1 aliphatic heterocycles. The fraction of sp³-hybridized carbons (Fsp3) is 0.429. The van der Waals surface area contributed by atoms with Gasteiger partial charge in [-0.2, -0.15) is 0 Å². The van der Waals surface area contributed by atoms with Crippen LogP contribution in [-0.2, 0) is 11.2 Å². The van der Waals surface area contributed by atoms with Crippen LogP contribution in [-0.4, -0.2) is 31.4 Å². The summed E-state index contributed by atoms with van der Waals surface area (Å²) in [7, 11) is 0. The van der Waals surface area contributed by atoms with Gasteiger partial charge in [0.15, 0.2) is 0 Å². The third-order valence-corrected chi connectivity index (χ3v) is 3.06. The summed E-state index contributed by atoms with van der Waals surface area (Å²) in [6, 6.07) is 5.59. The lowest BCUT2D eigenvalue weighted by molar-refractivity contribution is -0.120. The lowest BCUT2D eigenvalue weighted by Crippen LogP contribution is -2.37. The summed E-state index contributed by atoms with van der Waals surface area (Å²) >= 11 is 0. The zero-order valence-corrected chi connectivity index (χ0v) is 11.1. The predicted octanol–water partition coefficient (Wildman–Crippen LogP) is 0.911. The number of hydrogen-bond donors (Lipinski definition) is 3. The Labute approximate surface area is 112 Å². The Morgan fingerprint density at radius 3 is 2.95 bits per heavy atom. The van der Waals surface area contributed by atoms with Crippen LogP contribution < -0.4 is 16.0 Å². The molecule has 0 radical (unpaired) electrons. The van der Waals surface area contributed by atoms with E-state index in [-0.39, 0.29) is 18.4 Å². The largest absolute Gasteiger partial charge is 0.384 e. The van der Waals surface area contributed by atoms with E-state index in [0.29, 0.717) is 12.1 Å². The lowest BCUT2D eigenvalue weighted by Gasteiger charge is -2.07. The van der Waals surface area contributed by atoms with Crippen molar-refractivity contribution >= 4 is 17.5 Å². The number of carbonyl (C=O) groups is 2. The molecule has 0 fully saturated rings. The predicted molar refractivity (Wildman–Crippen MR) is 74.3 cm³/mol. The first-order valence-electron chi connectivity index (χ1n) is 6.62. The molecule has 0 aliphatic carbocycles. The summed E-state index contributed by atoms with van der Waals surface area (Å²) in [5, 5.41) is 8.56. The van der Waals surface area contributed by atoms with Crippen molar-refractivity contribution in [2.24, 2.45) is 0 Å². The zero-order chi connectivity index (χ0) is 13.7. The van der Waals surface area contributed by atoms with Crippen molar-refractivity contribution in [2.45, 2.75) is 19.8 Å². The van der Waals surface area contributed by atoms with Crippen LogP contribution in [0.25, 0.3) is 0 Å². The Morgan fingerprint density at radius 2 is 2.16 bits per heavy atom. The van der Waals surface area contributed by atoms with Crippen LogP contribution in [0.2, 0.25) is 0 Å². The maximum atomic E-state index is 11.9. The highest BCUT2D eigenvalue weighted by atomic mass is 16.2. The minimum atomic E-state index is -0.219. The van der Waals surface area contributed by atoms with Gasteiger partial charge in [-0.25, -0.2) is 0 Å². The number of hydrogen-bond acceptors (Lipinski definition) is 3. The van der Waals surface area contributed by atoms with Crippen LogP contribution in [0.5, 0.6) is 0 Å². The number of anilines is 1. The van der Waals surface area contributed by atoms with Gasteiger partial charge in [0.05, 0.1) is 6.54 Å². The summed E-state index contributed by atoms with van der Waals surface area (Å²) in [4.78, 5) is 23.3. The van der Waals surface area contributed by atoms with E-state index >= 15 is 0 Å². The Hall–Kier alpha value is -2.04. The monoisotopic (exact) mass is 261 g/mol. The SMILES string of the molecule is CCCNC(=O)CNC(=O)c1ccc2c(c1)NCC2. The van der Waals surface area contributed by atoms with E-state index in [0.717, 1.165) is 25.1 Å². The second-order valence-corrected chi connectivity index (χ2v) is 4.58. The standard InChI is InChI=1S/C14H19N3O2/c1-2-6-16-13(18)9-17-14(19)11-4-3-10-5-7-15-12(10)8-11/h3-4,8,15H,2,5-7,9H2,1H3,(H,16,18)(H,17,19). The number of amides is 2. The van der Waals surface area contributed by atoms with E-state index in [2.05, 4.69) is 16.0 Å². The van der Waals surface area contributed by atoms with E-state index in [4.69, 9.17) is 0 Å². The average Bonchev–Trinajstić information content (AvgIpc) is 2.89. The molecule has 5 nitrogen and oxygen atoms in total. The van der Waals surface area contributed by atoms with Crippen molar-refractivity contribution in [2.75, 3.05) is 25.0 Å². The molecule has 0 saturated heterocycles. The molecule has 0 unspecified atom stereocenters. The van der Waals surface area contributed by atoms with Gasteiger partial charge in [0.2, 0.25) is 5.91 Å². The van der Waals surface area contributed by atoms with Gasteiger partial charge >= 0.3 is 0 Å². The summed E-state index contributed by atoms with van der Waals surface area (Å²) in [5.41, 5.74) is 2.83. The highest BCUT2D eigenvalue weighted by molar-refractivity contribution is 5.97. The van der Waals surface area contributed by atoms with E-state index in [1.165, 1.54) is 5.56 Å². The molecule has 19 heavy (non-hydrogen) atoms. The molecule has 1 aromatic carbocycles. The molecule has 1 aliphatic rings.